The van der Waals surface area contributed by atoms with E-state index in [1.54, 1.807) is 55.6 Å². The van der Waals surface area contributed by atoms with Gasteiger partial charge in [-0.25, -0.2) is 0 Å². The third-order valence-corrected chi connectivity index (χ3v) is 5.55. The highest BCUT2D eigenvalue weighted by molar-refractivity contribution is 5.83. The Balaban J connectivity index is 1.72. The van der Waals surface area contributed by atoms with Crippen molar-refractivity contribution < 1.29 is 22.5 Å². The second-order valence-electron chi connectivity index (χ2n) is 7.43. The number of carbonyl (C=O) groups excluding carboxylic acids is 1. The van der Waals surface area contributed by atoms with Crippen molar-refractivity contribution in [3.05, 3.63) is 70.8 Å². The molecule has 0 amide bonds. The van der Waals surface area contributed by atoms with E-state index in [0.29, 0.717) is 40.9 Å². The van der Waals surface area contributed by atoms with Gasteiger partial charge in [0.1, 0.15) is 17.5 Å². The van der Waals surface area contributed by atoms with Gasteiger partial charge in [-0.2, -0.15) is 18.3 Å². The molecule has 0 N–H and O–H groups in total. The topological polar surface area (TPSA) is 60.9 Å². The Hall–Kier alpha value is -3.68. The van der Waals surface area contributed by atoms with Gasteiger partial charge in [0.15, 0.2) is 5.76 Å². The Morgan fingerprint density at radius 2 is 1.84 bits per heavy atom. The molecule has 2 aromatic heterocycles. The van der Waals surface area contributed by atoms with E-state index in [4.69, 9.17) is 4.52 Å². The van der Waals surface area contributed by atoms with Crippen molar-refractivity contribution in [2.24, 2.45) is 7.05 Å². The van der Waals surface area contributed by atoms with Crippen LogP contribution in [0.25, 0.3) is 34.0 Å². The minimum Gasteiger partial charge on any atom is -0.355 e. The predicted molar refractivity (Wildman–Crippen MR) is 107 cm³/mol. The first-order valence-corrected chi connectivity index (χ1v) is 9.65. The van der Waals surface area contributed by atoms with Gasteiger partial charge in [-0.15, -0.1) is 0 Å². The first-order chi connectivity index (χ1) is 14.9. The molecule has 0 saturated carbocycles. The molecule has 1 aliphatic rings. The van der Waals surface area contributed by atoms with Crippen molar-refractivity contribution in [1.29, 1.82) is 0 Å². The van der Waals surface area contributed by atoms with Crippen LogP contribution in [0.4, 0.5) is 13.2 Å². The number of fused-ring (bicyclic) bond motifs is 3. The quantitative estimate of drug-likeness (QED) is 0.418. The molecule has 0 fully saturated rings. The van der Waals surface area contributed by atoms with Crippen LogP contribution < -0.4 is 0 Å². The molecule has 0 aliphatic heterocycles. The monoisotopic (exact) mass is 423 g/mol. The summed E-state index contributed by atoms with van der Waals surface area (Å²) >= 11 is 0. The van der Waals surface area contributed by atoms with E-state index in [1.807, 2.05) is 0 Å². The lowest BCUT2D eigenvalue weighted by Crippen LogP contribution is -2.10. The number of alkyl halides is 3. The first-order valence-electron chi connectivity index (χ1n) is 9.65. The van der Waals surface area contributed by atoms with Crippen LogP contribution >= 0.6 is 0 Å². The van der Waals surface area contributed by atoms with Crippen LogP contribution in [-0.2, 0) is 26.1 Å². The molecule has 0 spiro atoms. The Labute approximate surface area is 175 Å². The molecule has 5 rings (SSSR count). The number of hydrogen-bond acceptors (Lipinski definition) is 4. The number of hydrogen-bond donors (Lipinski definition) is 0. The number of aryl methyl sites for hydroxylation is 2. The average molecular weight is 423 g/mol. The summed E-state index contributed by atoms with van der Waals surface area (Å²) in [6, 6.07) is 13.4. The number of halogens is 3. The summed E-state index contributed by atoms with van der Waals surface area (Å²) in [6.07, 6.45) is -2.81. The Bertz CT molecular complexity index is 1300. The fourth-order valence-corrected chi connectivity index (χ4v) is 4.20. The molecule has 4 aromatic rings. The number of benzene rings is 2. The molecule has 2 heterocycles. The van der Waals surface area contributed by atoms with Crippen molar-refractivity contribution in [2.75, 3.05) is 0 Å². The van der Waals surface area contributed by atoms with Gasteiger partial charge in [-0.3, -0.25) is 9.48 Å². The first kappa shape index (κ1) is 19.3. The van der Waals surface area contributed by atoms with E-state index in [-0.39, 0.29) is 11.5 Å². The molecule has 8 heteroatoms. The number of aldehydes is 1. The normalized spacial score (nSPS) is 13.0. The lowest BCUT2D eigenvalue weighted by atomic mass is 9.87. The molecule has 0 atom stereocenters. The minimum absolute atomic E-state index is 0.268. The summed E-state index contributed by atoms with van der Waals surface area (Å²) in [6.45, 7) is 0. The Morgan fingerprint density at radius 3 is 2.55 bits per heavy atom. The lowest BCUT2D eigenvalue weighted by molar-refractivity contribution is -0.136. The van der Waals surface area contributed by atoms with Crippen LogP contribution in [0, 0.1) is 0 Å². The van der Waals surface area contributed by atoms with Crippen molar-refractivity contribution in [2.45, 2.75) is 19.0 Å². The van der Waals surface area contributed by atoms with Crippen molar-refractivity contribution >= 4 is 6.29 Å². The van der Waals surface area contributed by atoms with E-state index >= 15 is 0 Å². The predicted octanol–water partition coefficient (Wildman–Crippen LogP) is 5.34. The zero-order valence-corrected chi connectivity index (χ0v) is 16.4. The van der Waals surface area contributed by atoms with Crippen LogP contribution in [0.2, 0.25) is 0 Å². The van der Waals surface area contributed by atoms with E-state index in [1.165, 1.54) is 4.68 Å². The molecular weight excluding hydrogens is 407 g/mol. The number of aromatic nitrogens is 3. The second kappa shape index (κ2) is 6.94. The van der Waals surface area contributed by atoms with Crippen LogP contribution in [0.1, 0.15) is 27.0 Å². The van der Waals surface area contributed by atoms with Crippen LogP contribution in [-0.4, -0.2) is 21.2 Å². The summed E-state index contributed by atoms with van der Waals surface area (Å²) in [5, 5.41) is 8.36. The van der Waals surface area contributed by atoms with E-state index in [9.17, 15) is 18.0 Å². The van der Waals surface area contributed by atoms with Gasteiger partial charge in [0.05, 0.1) is 11.4 Å². The molecular formula is C23H16F3N3O2. The molecule has 156 valence electrons. The summed E-state index contributed by atoms with van der Waals surface area (Å²) in [4.78, 5) is 11.1. The fourth-order valence-electron chi connectivity index (χ4n) is 4.20. The van der Waals surface area contributed by atoms with E-state index < -0.39 is 11.7 Å². The summed E-state index contributed by atoms with van der Waals surface area (Å²) in [5.74, 6) is -0.315. The van der Waals surface area contributed by atoms with Gasteiger partial charge in [-0.05, 0) is 24.5 Å². The molecule has 0 bridgehead atoms. The SMILES string of the molecule is Cn1nc2c(c1-c1noc(-c3ccccc3)c1C(F)(F)F)CCc1cc(C=O)ccc1-2. The second-order valence-corrected chi connectivity index (χ2v) is 7.43. The summed E-state index contributed by atoms with van der Waals surface area (Å²) in [7, 11) is 1.60. The standard InChI is InChI=1S/C23H16F3N3O2/c1-29-21(17-10-8-15-11-13(12-30)7-9-16(15)19(17)27-29)20-18(23(24,25)26)22(31-28-20)14-5-3-2-4-6-14/h2-7,9,11-12H,8,10H2,1H3. The molecule has 2 aromatic carbocycles. The molecule has 31 heavy (non-hydrogen) atoms. The smallest absolute Gasteiger partial charge is 0.355 e. The Kier molecular flexibility index (Phi) is 4.32. The minimum atomic E-state index is -4.66. The highest BCUT2D eigenvalue weighted by Gasteiger charge is 2.43. The largest absolute Gasteiger partial charge is 0.422 e. The van der Waals surface area contributed by atoms with Gasteiger partial charge < -0.3 is 4.52 Å². The zero-order valence-electron chi connectivity index (χ0n) is 16.4. The zero-order chi connectivity index (χ0) is 21.8. The highest BCUT2D eigenvalue weighted by Crippen LogP contribution is 2.46. The Morgan fingerprint density at radius 1 is 1.06 bits per heavy atom. The van der Waals surface area contributed by atoms with Gasteiger partial charge in [0.25, 0.3) is 0 Å². The van der Waals surface area contributed by atoms with Crippen molar-refractivity contribution in [3.8, 4) is 34.0 Å². The number of rotatable bonds is 3. The maximum Gasteiger partial charge on any atom is 0.422 e. The molecule has 0 saturated heterocycles. The molecule has 0 radical (unpaired) electrons. The number of nitrogens with zero attached hydrogens (tertiary/aromatic N) is 3. The third kappa shape index (κ3) is 3.06. The van der Waals surface area contributed by atoms with Gasteiger partial charge in [0.2, 0.25) is 0 Å². The van der Waals surface area contributed by atoms with Gasteiger partial charge in [0, 0.05) is 29.3 Å². The third-order valence-electron chi connectivity index (χ3n) is 5.55. The van der Waals surface area contributed by atoms with Crippen molar-refractivity contribution in [1.82, 2.24) is 14.9 Å². The maximum absolute atomic E-state index is 14.1. The van der Waals surface area contributed by atoms with Crippen LogP contribution in [0.3, 0.4) is 0 Å². The lowest BCUT2D eigenvalue weighted by Gasteiger charge is -2.16. The van der Waals surface area contributed by atoms with Crippen molar-refractivity contribution in [3.63, 3.8) is 0 Å². The fraction of sp³-hybridized carbons (Fsp3) is 0.174. The maximum atomic E-state index is 14.1. The molecule has 1 aliphatic carbocycles. The number of carbonyl (C=O) groups is 1. The van der Waals surface area contributed by atoms with Crippen LogP contribution in [0.5, 0.6) is 0 Å². The van der Waals surface area contributed by atoms with E-state index in [0.717, 1.165) is 17.4 Å². The average Bonchev–Trinajstić information content (AvgIpc) is 3.34. The van der Waals surface area contributed by atoms with Gasteiger partial charge >= 0.3 is 6.18 Å². The summed E-state index contributed by atoms with van der Waals surface area (Å²) in [5.41, 5.74) is 3.02. The molecule has 0 unspecified atom stereocenters. The van der Waals surface area contributed by atoms with E-state index in [2.05, 4.69) is 10.3 Å². The highest BCUT2D eigenvalue weighted by atomic mass is 19.4. The summed E-state index contributed by atoms with van der Waals surface area (Å²) < 4.78 is 49.1. The van der Waals surface area contributed by atoms with Crippen LogP contribution in [0.15, 0.2) is 53.1 Å². The molecule has 5 nitrogen and oxygen atoms in total. The van der Waals surface area contributed by atoms with Gasteiger partial charge in [-0.1, -0.05) is 47.6 Å².